The minimum absolute atomic E-state index is 0.0653. The van der Waals surface area contributed by atoms with Gasteiger partial charge in [0.05, 0.1) is 18.4 Å². The molecule has 0 saturated heterocycles. The van der Waals surface area contributed by atoms with Crippen LogP contribution in [-0.4, -0.2) is 22.8 Å². The Bertz CT molecular complexity index is 451. The second-order valence-corrected chi connectivity index (χ2v) is 3.48. The van der Waals surface area contributed by atoms with Gasteiger partial charge in [0.2, 0.25) is 0 Å². The van der Waals surface area contributed by atoms with E-state index in [-0.39, 0.29) is 5.91 Å². The summed E-state index contributed by atoms with van der Waals surface area (Å²) >= 11 is 0. The maximum atomic E-state index is 11.9. The first-order valence-electron chi connectivity index (χ1n) is 4.95. The van der Waals surface area contributed by atoms with E-state index in [2.05, 4.69) is 4.98 Å². The Balaban J connectivity index is 2.05. The van der Waals surface area contributed by atoms with E-state index in [1.54, 1.807) is 48.8 Å². The van der Waals surface area contributed by atoms with Gasteiger partial charge in [0.15, 0.2) is 0 Å². The number of hydrogen-bond donors (Lipinski definition) is 0. The van der Waals surface area contributed by atoms with E-state index in [1.165, 1.54) is 0 Å². The Morgan fingerprint density at radius 1 is 1.44 bits per heavy atom. The lowest BCUT2D eigenvalue weighted by atomic mass is 10.2. The summed E-state index contributed by atoms with van der Waals surface area (Å²) in [4.78, 5) is 17.4. The summed E-state index contributed by atoms with van der Waals surface area (Å²) in [7, 11) is 1.73. The van der Waals surface area contributed by atoms with E-state index in [1.807, 2.05) is 6.07 Å². The molecule has 0 unspecified atom stereocenters. The summed E-state index contributed by atoms with van der Waals surface area (Å²) in [5.74, 6) is 0.698. The lowest BCUT2D eigenvalue weighted by molar-refractivity contribution is 0.0775. The topological polar surface area (TPSA) is 46.3 Å². The van der Waals surface area contributed by atoms with Gasteiger partial charge in [-0.15, -0.1) is 0 Å². The van der Waals surface area contributed by atoms with Crippen molar-refractivity contribution in [3.63, 3.8) is 0 Å². The van der Waals surface area contributed by atoms with Gasteiger partial charge in [-0.25, -0.2) is 0 Å². The van der Waals surface area contributed by atoms with Crippen LogP contribution in [0, 0.1) is 0 Å². The normalized spacial score (nSPS) is 10.1. The van der Waals surface area contributed by atoms with E-state index in [0.717, 1.165) is 5.76 Å². The molecule has 1 amide bonds. The molecule has 0 atom stereocenters. The van der Waals surface area contributed by atoms with Crippen LogP contribution in [0.5, 0.6) is 0 Å². The number of furan rings is 1. The van der Waals surface area contributed by atoms with Gasteiger partial charge >= 0.3 is 0 Å². The van der Waals surface area contributed by atoms with E-state index < -0.39 is 0 Å². The average molecular weight is 216 g/mol. The summed E-state index contributed by atoms with van der Waals surface area (Å²) < 4.78 is 5.18. The summed E-state index contributed by atoms with van der Waals surface area (Å²) in [6.45, 7) is 0.459. The number of aromatic nitrogens is 1. The number of pyridine rings is 1. The predicted molar refractivity (Wildman–Crippen MR) is 58.7 cm³/mol. The lowest BCUT2D eigenvalue weighted by Gasteiger charge is -2.15. The van der Waals surface area contributed by atoms with Gasteiger partial charge in [-0.05, 0) is 24.3 Å². The van der Waals surface area contributed by atoms with E-state index in [9.17, 15) is 4.79 Å². The van der Waals surface area contributed by atoms with Crippen molar-refractivity contribution in [2.75, 3.05) is 7.05 Å². The molecule has 0 bridgehead atoms. The fourth-order valence-electron chi connectivity index (χ4n) is 1.42. The molecule has 16 heavy (non-hydrogen) atoms. The minimum Gasteiger partial charge on any atom is -0.467 e. The number of hydrogen-bond acceptors (Lipinski definition) is 3. The van der Waals surface area contributed by atoms with Crippen LogP contribution in [0.2, 0.25) is 0 Å². The summed E-state index contributed by atoms with van der Waals surface area (Å²) in [5.41, 5.74) is 0.580. The van der Waals surface area contributed by atoms with Gasteiger partial charge < -0.3 is 9.32 Å². The van der Waals surface area contributed by atoms with Crippen LogP contribution in [0.3, 0.4) is 0 Å². The molecule has 82 valence electrons. The highest BCUT2D eigenvalue weighted by atomic mass is 16.3. The van der Waals surface area contributed by atoms with Gasteiger partial charge in [0.25, 0.3) is 5.91 Å². The molecule has 2 heterocycles. The van der Waals surface area contributed by atoms with Crippen LogP contribution in [0.25, 0.3) is 0 Å². The van der Waals surface area contributed by atoms with Crippen molar-refractivity contribution in [3.05, 3.63) is 54.2 Å². The van der Waals surface area contributed by atoms with Crippen molar-refractivity contribution >= 4 is 5.91 Å². The molecule has 2 rings (SSSR count). The SMILES string of the molecule is CN(Cc1ccco1)C(=O)c1cccnc1. The predicted octanol–water partition coefficient (Wildman–Crippen LogP) is 1.95. The number of carbonyl (C=O) groups is 1. The Morgan fingerprint density at radius 3 is 2.94 bits per heavy atom. The fraction of sp³-hybridized carbons (Fsp3) is 0.167. The zero-order valence-corrected chi connectivity index (χ0v) is 8.96. The van der Waals surface area contributed by atoms with Crippen LogP contribution in [-0.2, 0) is 6.54 Å². The van der Waals surface area contributed by atoms with Gasteiger partial charge in [-0.3, -0.25) is 9.78 Å². The summed E-state index contributed by atoms with van der Waals surface area (Å²) in [6, 6.07) is 7.13. The van der Waals surface area contributed by atoms with Crippen molar-refractivity contribution in [2.45, 2.75) is 6.54 Å². The molecule has 2 aromatic heterocycles. The molecule has 0 N–H and O–H groups in total. The Kier molecular flexibility index (Phi) is 3.00. The standard InChI is InChI=1S/C12H12N2O2/c1-14(9-11-5-3-7-16-11)12(15)10-4-2-6-13-8-10/h2-8H,9H2,1H3. The Hall–Kier alpha value is -2.10. The van der Waals surface area contributed by atoms with Gasteiger partial charge in [0, 0.05) is 19.4 Å². The van der Waals surface area contributed by atoms with Crippen molar-refractivity contribution in [1.29, 1.82) is 0 Å². The minimum atomic E-state index is -0.0653. The maximum absolute atomic E-state index is 11.9. The van der Waals surface area contributed by atoms with E-state index >= 15 is 0 Å². The van der Waals surface area contributed by atoms with Crippen molar-refractivity contribution < 1.29 is 9.21 Å². The Morgan fingerprint density at radius 2 is 2.31 bits per heavy atom. The molecule has 0 radical (unpaired) electrons. The lowest BCUT2D eigenvalue weighted by Crippen LogP contribution is -2.26. The van der Waals surface area contributed by atoms with Gasteiger partial charge in [-0.1, -0.05) is 0 Å². The first kappa shape index (κ1) is 10.4. The van der Waals surface area contributed by atoms with Crippen LogP contribution in [0.15, 0.2) is 47.3 Å². The molecular formula is C12H12N2O2. The largest absolute Gasteiger partial charge is 0.467 e. The molecule has 0 aliphatic carbocycles. The molecular weight excluding hydrogens is 204 g/mol. The fourth-order valence-corrected chi connectivity index (χ4v) is 1.42. The second kappa shape index (κ2) is 4.61. The molecule has 0 fully saturated rings. The van der Waals surface area contributed by atoms with Gasteiger partial charge in [0.1, 0.15) is 5.76 Å². The number of rotatable bonds is 3. The average Bonchev–Trinajstić information content (AvgIpc) is 2.82. The monoisotopic (exact) mass is 216 g/mol. The Labute approximate surface area is 93.5 Å². The van der Waals surface area contributed by atoms with Crippen LogP contribution in [0.1, 0.15) is 16.1 Å². The molecule has 4 heteroatoms. The van der Waals surface area contributed by atoms with Crippen LogP contribution < -0.4 is 0 Å². The van der Waals surface area contributed by atoms with Crippen molar-refractivity contribution in [2.24, 2.45) is 0 Å². The molecule has 0 aromatic carbocycles. The van der Waals surface area contributed by atoms with Crippen molar-refractivity contribution in [1.82, 2.24) is 9.88 Å². The molecule has 0 aliphatic rings. The number of amides is 1. The summed E-state index contributed by atoms with van der Waals surface area (Å²) in [5, 5.41) is 0. The maximum Gasteiger partial charge on any atom is 0.255 e. The number of nitrogens with zero attached hydrogens (tertiary/aromatic N) is 2. The first-order chi connectivity index (χ1) is 7.77. The second-order valence-electron chi connectivity index (χ2n) is 3.48. The van der Waals surface area contributed by atoms with Crippen LogP contribution in [0.4, 0.5) is 0 Å². The first-order valence-corrected chi connectivity index (χ1v) is 4.95. The highest BCUT2D eigenvalue weighted by Gasteiger charge is 2.12. The molecule has 0 saturated carbocycles. The third-order valence-electron chi connectivity index (χ3n) is 2.23. The third-order valence-corrected chi connectivity index (χ3v) is 2.23. The highest BCUT2D eigenvalue weighted by Crippen LogP contribution is 2.07. The quantitative estimate of drug-likeness (QED) is 0.787. The van der Waals surface area contributed by atoms with E-state index in [0.29, 0.717) is 12.1 Å². The smallest absolute Gasteiger partial charge is 0.255 e. The zero-order valence-electron chi connectivity index (χ0n) is 8.96. The molecule has 0 spiro atoms. The zero-order chi connectivity index (χ0) is 11.4. The molecule has 0 aliphatic heterocycles. The molecule has 4 nitrogen and oxygen atoms in total. The number of carbonyl (C=O) groups excluding carboxylic acids is 1. The van der Waals surface area contributed by atoms with E-state index in [4.69, 9.17) is 4.42 Å². The third kappa shape index (κ3) is 2.28. The summed E-state index contributed by atoms with van der Waals surface area (Å²) in [6.07, 6.45) is 4.79. The molecule has 2 aromatic rings. The van der Waals surface area contributed by atoms with Gasteiger partial charge in [-0.2, -0.15) is 0 Å². The van der Waals surface area contributed by atoms with Crippen LogP contribution >= 0.6 is 0 Å². The van der Waals surface area contributed by atoms with Crippen molar-refractivity contribution in [3.8, 4) is 0 Å². The highest BCUT2D eigenvalue weighted by molar-refractivity contribution is 5.93.